The molecule has 0 atom stereocenters. The maximum absolute atomic E-state index is 12.2. The first-order chi connectivity index (χ1) is 10.1. The Labute approximate surface area is 125 Å². The van der Waals surface area contributed by atoms with Gasteiger partial charge < -0.3 is 0 Å². The second-order valence-corrected chi connectivity index (χ2v) is 6.26. The summed E-state index contributed by atoms with van der Waals surface area (Å²) in [5.74, 6) is 0.481. The van der Waals surface area contributed by atoms with Gasteiger partial charge in [0.25, 0.3) is 0 Å². The zero-order valence-corrected chi connectivity index (χ0v) is 12.2. The molecule has 108 valence electrons. The third kappa shape index (κ3) is 2.73. The van der Waals surface area contributed by atoms with Crippen molar-refractivity contribution in [2.24, 2.45) is 0 Å². The van der Waals surface area contributed by atoms with E-state index in [2.05, 4.69) is 19.9 Å². The van der Waals surface area contributed by atoms with Gasteiger partial charge in [-0.1, -0.05) is 17.7 Å². The lowest BCUT2D eigenvalue weighted by Crippen LogP contribution is -2.24. The zero-order chi connectivity index (χ0) is 14.9. The minimum absolute atomic E-state index is 0.00125. The van der Waals surface area contributed by atoms with Crippen LogP contribution in [0.25, 0.3) is 5.65 Å². The molecule has 0 radical (unpaired) electrons. The molecule has 0 unspecified atom stereocenters. The molecule has 3 aromatic heterocycles. The Morgan fingerprint density at radius 1 is 1.19 bits per heavy atom. The smallest absolute Gasteiger partial charge is 0.244 e. The second-order valence-electron chi connectivity index (χ2n) is 4.16. The van der Waals surface area contributed by atoms with Gasteiger partial charge in [-0.25, -0.2) is 18.1 Å². The standard InChI is InChI=1S/C12H10ClN5O2S/c13-12-9(4-3-6-14-12)21(19,20)15-8-11-17-16-10-5-1-2-7-18(10)11/h1-7,15H,8H2. The van der Waals surface area contributed by atoms with E-state index in [1.54, 1.807) is 16.7 Å². The van der Waals surface area contributed by atoms with Crippen LogP contribution in [0, 0.1) is 0 Å². The summed E-state index contributed by atoms with van der Waals surface area (Å²) in [6.07, 6.45) is 3.18. The van der Waals surface area contributed by atoms with Gasteiger partial charge in [-0.15, -0.1) is 10.2 Å². The molecular formula is C12H10ClN5O2S. The van der Waals surface area contributed by atoms with Crippen molar-refractivity contribution in [1.29, 1.82) is 0 Å². The lowest BCUT2D eigenvalue weighted by Gasteiger charge is -2.06. The van der Waals surface area contributed by atoms with Gasteiger partial charge in [0, 0.05) is 12.4 Å². The van der Waals surface area contributed by atoms with Gasteiger partial charge in [-0.3, -0.25) is 4.40 Å². The highest BCUT2D eigenvalue weighted by Gasteiger charge is 2.19. The van der Waals surface area contributed by atoms with Gasteiger partial charge >= 0.3 is 0 Å². The Kier molecular flexibility index (Phi) is 3.58. The molecule has 0 saturated heterocycles. The quantitative estimate of drug-likeness (QED) is 0.730. The van der Waals surface area contributed by atoms with Gasteiger partial charge in [-0.2, -0.15) is 0 Å². The average molecular weight is 324 g/mol. The van der Waals surface area contributed by atoms with Crippen LogP contribution in [0.15, 0.2) is 47.6 Å². The molecule has 0 aliphatic heterocycles. The van der Waals surface area contributed by atoms with Crippen LogP contribution < -0.4 is 4.72 Å². The third-order valence-corrected chi connectivity index (χ3v) is 4.67. The highest BCUT2D eigenvalue weighted by Crippen LogP contribution is 2.17. The lowest BCUT2D eigenvalue weighted by atomic mass is 10.5. The first-order valence-electron chi connectivity index (χ1n) is 5.97. The molecule has 21 heavy (non-hydrogen) atoms. The van der Waals surface area contributed by atoms with Gasteiger partial charge in [-0.05, 0) is 24.3 Å². The molecule has 0 bridgehead atoms. The maximum Gasteiger partial charge on any atom is 0.244 e. The first-order valence-corrected chi connectivity index (χ1v) is 7.83. The van der Waals surface area contributed by atoms with E-state index in [0.29, 0.717) is 11.5 Å². The van der Waals surface area contributed by atoms with Gasteiger partial charge in [0.1, 0.15) is 10.0 Å². The van der Waals surface area contributed by atoms with Crippen molar-refractivity contribution in [3.8, 4) is 0 Å². The molecular weight excluding hydrogens is 314 g/mol. The van der Waals surface area contributed by atoms with Crippen LogP contribution in [0.2, 0.25) is 5.15 Å². The van der Waals surface area contributed by atoms with Crippen LogP contribution in [0.4, 0.5) is 0 Å². The molecule has 3 heterocycles. The summed E-state index contributed by atoms with van der Waals surface area (Å²) in [5.41, 5.74) is 0.645. The molecule has 0 amide bonds. The van der Waals surface area contributed by atoms with Crippen molar-refractivity contribution >= 4 is 27.3 Å². The molecule has 9 heteroatoms. The van der Waals surface area contributed by atoms with Crippen LogP contribution >= 0.6 is 11.6 Å². The fraction of sp³-hybridized carbons (Fsp3) is 0.0833. The number of sulfonamides is 1. The summed E-state index contributed by atoms with van der Waals surface area (Å²) in [6, 6.07) is 8.31. The molecule has 0 spiro atoms. The predicted octanol–water partition coefficient (Wildman–Crippen LogP) is 1.26. The van der Waals surface area contributed by atoms with E-state index in [9.17, 15) is 8.42 Å². The monoisotopic (exact) mass is 323 g/mol. The number of nitrogens with zero attached hydrogens (tertiary/aromatic N) is 4. The van der Waals surface area contributed by atoms with E-state index in [-0.39, 0.29) is 16.6 Å². The largest absolute Gasteiger partial charge is 0.285 e. The molecule has 7 nitrogen and oxygen atoms in total. The Morgan fingerprint density at radius 3 is 2.86 bits per heavy atom. The van der Waals surface area contributed by atoms with Crippen molar-refractivity contribution in [1.82, 2.24) is 24.3 Å². The van der Waals surface area contributed by atoms with E-state index >= 15 is 0 Å². The van der Waals surface area contributed by atoms with Crippen molar-refractivity contribution in [3.63, 3.8) is 0 Å². The Bertz CT molecular complexity index is 893. The highest BCUT2D eigenvalue weighted by molar-refractivity contribution is 7.89. The predicted molar refractivity (Wildman–Crippen MR) is 76.3 cm³/mol. The fourth-order valence-corrected chi connectivity index (χ4v) is 3.25. The zero-order valence-electron chi connectivity index (χ0n) is 10.6. The Balaban J connectivity index is 1.86. The van der Waals surface area contributed by atoms with E-state index < -0.39 is 10.0 Å². The fourth-order valence-electron chi connectivity index (χ4n) is 1.82. The number of halogens is 1. The van der Waals surface area contributed by atoms with Crippen LogP contribution in [0.3, 0.4) is 0 Å². The Morgan fingerprint density at radius 2 is 2.05 bits per heavy atom. The van der Waals surface area contributed by atoms with Crippen LogP contribution in [-0.2, 0) is 16.6 Å². The summed E-state index contributed by atoms with van der Waals surface area (Å²) >= 11 is 5.80. The summed E-state index contributed by atoms with van der Waals surface area (Å²) in [6.45, 7) is -0.00125. The molecule has 0 fully saturated rings. The van der Waals surface area contributed by atoms with Crippen molar-refractivity contribution in [2.45, 2.75) is 11.4 Å². The summed E-state index contributed by atoms with van der Waals surface area (Å²) < 4.78 is 28.5. The van der Waals surface area contributed by atoms with Crippen LogP contribution in [0.1, 0.15) is 5.82 Å². The van der Waals surface area contributed by atoms with Crippen molar-refractivity contribution in [3.05, 3.63) is 53.7 Å². The number of hydrogen-bond donors (Lipinski definition) is 1. The van der Waals surface area contributed by atoms with E-state index in [1.807, 2.05) is 12.1 Å². The lowest BCUT2D eigenvalue weighted by molar-refractivity contribution is 0.578. The average Bonchev–Trinajstić information content (AvgIpc) is 2.89. The maximum atomic E-state index is 12.2. The van der Waals surface area contributed by atoms with Gasteiger partial charge in [0.15, 0.2) is 11.5 Å². The molecule has 0 saturated carbocycles. The van der Waals surface area contributed by atoms with Crippen molar-refractivity contribution in [2.75, 3.05) is 0 Å². The highest BCUT2D eigenvalue weighted by atomic mass is 35.5. The summed E-state index contributed by atoms with van der Waals surface area (Å²) in [4.78, 5) is 3.68. The molecule has 0 aliphatic rings. The van der Waals surface area contributed by atoms with Gasteiger partial charge in [0.05, 0.1) is 6.54 Å². The summed E-state index contributed by atoms with van der Waals surface area (Å²) in [5, 5.41) is 7.83. The van der Waals surface area contributed by atoms with Crippen LogP contribution in [-0.4, -0.2) is 28.0 Å². The minimum atomic E-state index is -3.76. The molecule has 0 aromatic carbocycles. The number of rotatable bonds is 4. The second kappa shape index (κ2) is 5.40. The van der Waals surface area contributed by atoms with Gasteiger partial charge in [0.2, 0.25) is 10.0 Å². The molecule has 3 aromatic rings. The SMILES string of the molecule is O=S(=O)(NCc1nnc2ccccn12)c1cccnc1Cl. The topological polar surface area (TPSA) is 89.2 Å². The normalized spacial score (nSPS) is 11.9. The number of nitrogens with one attached hydrogen (secondary N) is 1. The van der Waals surface area contributed by atoms with E-state index in [1.165, 1.54) is 18.3 Å². The van der Waals surface area contributed by atoms with E-state index in [4.69, 9.17) is 11.6 Å². The third-order valence-electron chi connectivity index (χ3n) is 2.82. The summed E-state index contributed by atoms with van der Waals surface area (Å²) in [7, 11) is -3.76. The molecule has 0 aliphatic carbocycles. The first kappa shape index (κ1) is 13.9. The molecule has 1 N–H and O–H groups in total. The van der Waals surface area contributed by atoms with Crippen LogP contribution in [0.5, 0.6) is 0 Å². The minimum Gasteiger partial charge on any atom is -0.285 e. The number of aromatic nitrogens is 4. The van der Waals surface area contributed by atoms with E-state index in [0.717, 1.165) is 0 Å². The number of pyridine rings is 2. The number of fused-ring (bicyclic) bond motifs is 1. The Hall–Kier alpha value is -2.03. The number of hydrogen-bond acceptors (Lipinski definition) is 5. The van der Waals surface area contributed by atoms with Crippen molar-refractivity contribution < 1.29 is 8.42 Å². The molecule has 3 rings (SSSR count).